The molecule has 1 aromatic carbocycles. The number of hydrogen-bond acceptors (Lipinski definition) is 15. The third-order valence-corrected chi connectivity index (χ3v) is 11.4. The molecule has 0 amide bonds. The maximum Gasteiger partial charge on any atom is 0.469 e. The van der Waals surface area contributed by atoms with Crippen molar-refractivity contribution in [2.75, 3.05) is 26.4 Å². The molecule has 278 valence electrons. The molecule has 3 N–H and O–H groups in total. The average molecular weight is 840 g/mol. The molecule has 23 heteroatoms. The van der Waals surface area contributed by atoms with Gasteiger partial charge < -0.3 is 38.4 Å². The van der Waals surface area contributed by atoms with Crippen LogP contribution in [0, 0.1) is 0 Å². The lowest BCUT2D eigenvalue weighted by Crippen LogP contribution is -2.40. The minimum absolute atomic E-state index is 0.0249. The lowest BCUT2D eigenvalue weighted by atomic mass is 10.1. The van der Waals surface area contributed by atoms with Crippen molar-refractivity contribution in [3.63, 3.8) is 0 Å². The summed E-state index contributed by atoms with van der Waals surface area (Å²) in [7, 11) is -5.00. The third kappa shape index (κ3) is 9.61. The van der Waals surface area contributed by atoms with Gasteiger partial charge in [0.25, 0.3) is 5.56 Å². The Labute approximate surface area is 301 Å². The van der Waals surface area contributed by atoms with Crippen LogP contribution in [0.3, 0.4) is 0 Å². The van der Waals surface area contributed by atoms with Gasteiger partial charge in [-0.05, 0) is 39.4 Å². The Kier molecular flexibility index (Phi) is 12.7. The fourth-order valence-electron chi connectivity index (χ4n) is 5.54. The Morgan fingerprint density at radius 2 is 1.73 bits per heavy atom. The summed E-state index contributed by atoms with van der Waals surface area (Å²) in [5.74, 6) is -1.62. The van der Waals surface area contributed by atoms with Crippen LogP contribution in [0.25, 0.3) is 11.2 Å². The van der Waals surface area contributed by atoms with Crippen LogP contribution in [-0.4, -0.2) is 103 Å². The van der Waals surface area contributed by atoms with Crippen molar-refractivity contribution < 1.29 is 66.1 Å². The molecule has 19 nitrogen and oxygen atoms in total. The molecular weight excluding hydrogens is 806 g/mol. The summed E-state index contributed by atoms with van der Waals surface area (Å²) in [6.07, 6.45) is -4.58. The molecule has 51 heavy (non-hydrogen) atoms. The summed E-state index contributed by atoms with van der Waals surface area (Å²) in [6, 6.07) is 7.74. The predicted octanol–water partition coefficient (Wildman–Crippen LogP) is 2.65. The van der Waals surface area contributed by atoms with E-state index in [1.54, 1.807) is 30.3 Å². The SMILES string of the molecule is C=CCO[C@@H]1[C@H](n2cnc3c(nc(Br)n3[C@@H]3O[C@H](COP(=O)(O)O)[C@@H](OC(C)=O)[C@H]3OC(C)=O)c2=O)CO[C@@H]1COP(=O)(O)Sc1ccccc1. The summed E-state index contributed by atoms with van der Waals surface area (Å²) >= 11 is 3.95. The number of hydrogen-bond donors (Lipinski definition) is 3. The van der Waals surface area contributed by atoms with E-state index in [-0.39, 0.29) is 35.7 Å². The second kappa shape index (κ2) is 16.5. The van der Waals surface area contributed by atoms with E-state index in [0.29, 0.717) is 16.3 Å². The number of nitrogens with zero attached hydrogens (tertiary/aromatic N) is 4. The third-order valence-electron chi connectivity index (χ3n) is 7.49. The molecule has 0 saturated carbocycles. The molecule has 8 atom stereocenters. The topological polar surface area (TPSA) is 246 Å². The number of carbonyl (C=O) groups excluding carboxylic acids is 2. The van der Waals surface area contributed by atoms with Gasteiger partial charge in [0, 0.05) is 18.7 Å². The molecular formula is C28H33BrN4O15P2S. The van der Waals surface area contributed by atoms with E-state index in [2.05, 4.69) is 37.0 Å². The highest BCUT2D eigenvalue weighted by atomic mass is 79.9. The smallest absolute Gasteiger partial charge is 0.456 e. The number of aromatic nitrogens is 4. The lowest BCUT2D eigenvalue weighted by molar-refractivity contribution is -0.165. The van der Waals surface area contributed by atoms with Crippen molar-refractivity contribution in [2.45, 2.75) is 61.5 Å². The number of halogens is 1. The zero-order chi connectivity index (χ0) is 37.1. The Hall–Kier alpha value is -2.78. The van der Waals surface area contributed by atoms with Crippen molar-refractivity contribution in [3.8, 4) is 0 Å². The zero-order valence-corrected chi connectivity index (χ0v) is 31.0. The van der Waals surface area contributed by atoms with E-state index in [4.69, 9.17) is 28.2 Å². The number of phosphoric ester groups is 1. The monoisotopic (exact) mass is 838 g/mol. The highest BCUT2D eigenvalue weighted by Gasteiger charge is 2.52. The van der Waals surface area contributed by atoms with E-state index in [0.717, 1.165) is 13.8 Å². The maximum atomic E-state index is 14.0. The van der Waals surface area contributed by atoms with Gasteiger partial charge in [-0.3, -0.25) is 32.6 Å². The van der Waals surface area contributed by atoms with Gasteiger partial charge in [-0.2, -0.15) is 0 Å². The Bertz CT molecular complexity index is 1910. The van der Waals surface area contributed by atoms with Gasteiger partial charge in [0.05, 0.1) is 32.5 Å². The molecule has 2 fully saturated rings. The highest BCUT2D eigenvalue weighted by Crippen LogP contribution is 2.59. The first-order valence-corrected chi connectivity index (χ1v) is 20.3. The largest absolute Gasteiger partial charge is 0.469 e. The molecule has 2 aromatic heterocycles. The predicted molar refractivity (Wildman–Crippen MR) is 179 cm³/mol. The summed E-state index contributed by atoms with van der Waals surface area (Å²) in [5, 5.41) is 0. The van der Waals surface area contributed by atoms with Gasteiger partial charge in [-0.25, -0.2) is 19.1 Å². The van der Waals surface area contributed by atoms with E-state index in [1.165, 1.54) is 21.5 Å². The van der Waals surface area contributed by atoms with Gasteiger partial charge >= 0.3 is 26.6 Å². The molecule has 0 aliphatic carbocycles. The second-order valence-electron chi connectivity index (χ2n) is 11.1. The van der Waals surface area contributed by atoms with Gasteiger partial charge in [-0.15, -0.1) is 6.58 Å². The van der Waals surface area contributed by atoms with Crippen LogP contribution < -0.4 is 5.56 Å². The average Bonchev–Trinajstić information content (AvgIpc) is 3.70. The van der Waals surface area contributed by atoms with Gasteiger partial charge in [0.1, 0.15) is 24.6 Å². The van der Waals surface area contributed by atoms with Gasteiger partial charge in [0.15, 0.2) is 34.3 Å². The summed E-state index contributed by atoms with van der Waals surface area (Å²) in [6.45, 7) is 0.527. The van der Waals surface area contributed by atoms with Crippen LogP contribution in [0.15, 0.2) is 63.7 Å². The van der Waals surface area contributed by atoms with Crippen LogP contribution in [0.4, 0.5) is 0 Å². The standard InChI is InChI=1S/C28H33BrN4O15P2S/c1-4-10-42-22-18(11-43-19(22)12-45-50(40,41)51-17-8-6-5-7-9-17)32-14-30-25-21(26(32)36)31-28(29)33(25)27-24(47-16(3)35)23(46-15(2)34)20(48-27)13-44-49(37,38)39/h4-9,14,18-20,22-24,27H,1,10-13H2,2-3H3,(H,40,41)(H2,37,38,39)/t18-,19-,20-,22-,23-,24-,27-/m1/s1. The minimum atomic E-state index is -5.00. The molecule has 0 bridgehead atoms. The van der Waals surface area contributed by atoms with Crippen LogP contribution >= 0.6 is 41.9 Å². The van der Waals surface area contributed by atoms with E-state index in [9.17, 15) is 38.2 Å². The normalized spacial score (nSPS) is 26.2. The quantitative estimate of drug-likeness (QED) is 0.0862. The zero-order valence-electron chi connectivity index (χ0n) is 26.8. The van der Waals surface area contributed by atoms with Crippen molar-refractivity contribution in [1.29, 1.82) is 0 Å². The molecule has 4 heterocycles. The number of rotatable bonds is 15. The summed E-state index contributed by atoms with van der Waals surface area (Å²) in [5.41, 5.74) is -0.908. The van der Waals surface area contributed by atoms with E-state index in [1.807, 2.05) is 0 Å². The van der Waals surface area contributed by atoms with Crippen LogP contribution in [0.5, 0.6) is 0 Å². The fourth-order valence-corrected chi connectivity index (χ4v) is 8.86. The summed E-state index contributed by atoms with van der Waals surface area (Å²) in [4.78, 5) is 76.3. The van der Waals surface area contributed by atoms with Gasteiger partial charge in [-0.1, -0.05) is 24.3 Å². The molecule has 0 radical (unpaired) electrons. The number of carbonyl (C=O) groups is 2. The molecule has 5 rings (SSSR count). The van der Waals surface area contributed by atoms with Crippen LogP contribution in [0.2, 0.25) is 0 Å². The van der Waals surface area contributed by atoms with E-state index >= 15 is 0 Å². The first-order chi connectivity index (χ1) is 24.1. The van der Waals surface area contributed by atoms with Crippen molar-refractivity contribution >= 4 is 65.0 Å². The van der Waals surface area contributed by atoms with Crippen molar-refractivity contribution in [1.82, 2.24) is 19.1 Å². The number of benzene rings is 1. The molecule has 1 unspecified atom stereocenters. The second-order valence-corrected chi connectivity index (χ2v) is 16.8. The van der Waals surface area contributed by atoms with Crippen LogP contribution in [0.1, 0.15) is 26.1 Å². The summed E-state index contributed by atoms with van der Waals surface area (Å²) < 4.78 is 65.3. The maximum absolute atomic E-state index is 14.0. The number of fused-ring (bicyclic) bond motifs is 1. The molecule has 3 aromatic rings. The first-order valence-electron chi connectivity index (χ1n) is 15.0. The lowest BCUT2D eigenvalue weighted by Gasteiger charge is -2.25. The highest BCUT2D eigenvalue weighted by molar-refractivity contribution is 9.10. The van der Waals surface area contributed by atoms with Crippen molar-refractivity contribution in [3.05, 3.63) is 64.4 Å². The number of esters is 2. The molecule has 2 aliphatic heterocycles. The van der Waals surface area contributed by atoms with E-state index < -0.39 is 81.5 Å². The molecule has 2 aliphatic rings. The molecule has 0 spiro atoms. The first kappa shape index (κ1) is 39.4. The Morgan fingerprint density at radius 1 is 1.06 bits per heavy atom. The van der Waals surface area contributed by atoms with Gasteiger partial charge in [0.2, 0.25) is 0 Å². The number of ether oxygens (including phenoxy) is 5. The Morgan fingerprint density at radius 3 is 2.37 bits per heavy atom. The molecule has 2 saturated heterocycles. The van der Waals surface area contributed by atoms with Crippen molar-refractivity contribution in [2.24, 2.45) is 0 Å². The van der Waals surface area contributed by atoms with Crippen LogP contribution in [-0.2, 0) is 51.5 Å². The minimum Gasteiger partial charge on any atom is -0.456 e. The Balaban J connectivity index is 1.44. The number of phosphoric acid groups is 1. The number of imidazole rings is 1. The fraction of sp³-hybridized carbons (Fsp3) is 0.464.